The summed E-state index contributed by atoms with van der Waals surface area (Å²) < 4.78 is 5.68. The Morgan fingerprint density at radius 1 is 1.50 bits per heavy atom. The van der Waals surface area contributed by atoms with E-state index in [1.165, 1.54) is 5.56 Å². The molecule has 2 rings (SSSR count). The van der Waals surface area contributed by atoms with Crippen LogP contribution >= 0.6 is 0 Å². The van der Waals surface area contributed by atoms with Gasteiger partial charge in [-0.25, -0.2) is 0 Å². The largest absolute Gasteiger partial charge is 0.493 e. The van der Waals surface area contributed by atoms with Crippen LogP contribution in [0.1, 0.15) is 18.9 Å². The van der Waals surface area contributed by atoms with Gasteiger partial charge in [0, 0.05) is 12.0 Å². The third-order valence-corrected chi connectivity index (χ3v) is 2.98. The molecule has 14 heavy (non-hydrogen) atoms. The summed E-state index contributed by atoms with van der Waals surface area (Å²) in [5.74, 6) is 1.52. The van der Waals surface area contributed by atoms with Crippen molar-refractivity contribution in [3.05, 3.63) is 29.8 Å². The minimum atomic E-state index is 0.267. The van der Waals surface area contributed by atoms with E-state index in [9.17, 15) is 0 Å². The molecule has 0 spiro atoms. The molecule has 1 heterocycles. The summed E-state index contributed by atoms with van der Waals surface area (Å²) in [6.45, 7) is 2.90. The predicted octanol–water partition coefficient (Wildman–Crippen LogP) is 1.97. The minimum Gasteiger partial charge on any atom is -0.493 e. The zero-order chi connectivity index (χ0) is 9.97. The molecule has 0 bridgehead atoms. The first-order chi connectivity index (χ1) is 6.81. The zero-order valence-electron chi connectivity index (χ0n) is 8.57. The molecule has 2 N–H and O–H groups in total. The number of hydrogen-bond acceptors (Lipinski definition) is 2. The van der Waals surface area contributed by atoms with Crippen molar-refractivity contribution >= 4 is 0 Å². The Kier molecular flexibility index (Phi) is 2.73. The smallest absolute Gasteiger partial charge is 0.122 e. The number of fused-ring (bicyclic) bond motifs is 1. The van der Waals surface area contributed by atoms with E-state index in [2.05, 4.69) is 19.1 Å². The van der Waals surface area contributed by atoms with E-state index in [1.54, 1.807) is 0 Å². The van der Waals surface area contributed by atoms with Gasteiger partial charge < -0.3 is 10.5 Å². The molecule has 0 saturated carbocycles. The van der Waals surface area contributed by atoms with Gasteiger partial charge in [-0.3, -0.25) is 0 Å². The second-order valence-electron chi connectivity index (χ2n) is 3.96. The van der Waals surface area contributed by atoms with Gasteiger partial charge in [-0.1, -0.05) is 25.1 Å². The average Bonchev–Trinajstić information content (AvgIpc) is 2.27. The summed E-state index contributed by atoms with van der Waals surface area (Å²) in [5, 5.41) is 0. The van der Waals surface area contributed by atoms with Gasteiger partial charge in [0.05, 0.1) is 6.61 Å². The third-order valence-electron chi connectivity index (χ3n) is 2.98. The van der Waals surface area contributed by atoms with Crippen LogP contribution in [0.4, 0.5) is 0 Å². The van der Waals surface area contributed by atoms with E-state index in [0.717, 1.165) is 25.2 Å². The summed E-state index contributed by atoms with van der Waals surface area (Å²) in [6, 6.07) is 8.50. The quantitative estimate of drug-likeness (QED) is 0.775. The maximum absolute atomic E-state index is 6.02. The fraction of sp³-hybridized carbons (Fsp3) is 0.500. The van der Waals surface area contributed by atoms with Crippen LogP contribution < -0.4 is 10.5 Å². The molecule has 0 saturated heterocycles. The summed E-state index contributed by atoms with van der Waals surface area (Å²) in [4.78, 5) is 0. The standard InChI is InChI=1S/C12H17NO/c1-2-11(13)10-7-9-5-3-4-6-12(9)14-8-10/h3-6,10-11H,2,7-8,13H2,1H3. The van der Waals surface area contributed by atoms with Gasteiger partial charge in [-0.15, -0.1) is 0 Å². The first kappa shape index (κ1) is 9.53. The lowest BCUT2D eigenvalue weighted by molar-refractivity contribution is 0.197. The van der Waals surface area contributed by atoms with E-state index >= 15 is 0 Å². The van der Waals surface area contributed by atoms with Crippen LogP contribution in [0.5, 0.6) is 5.75 Å². The first-order valence-electron chi connectivity index (χ1n) is 5.27. The van der Waals surface area contributed by atoms with Crippen molar-refractivity contribution in [2.75, 3.05) is 6.61 Å². The van der Waals surface area contributed by atoms with Gasteiger partial charge in [-0.2, -0.15) is 0 Å². The normalized spacial score (nSPS) is 22.3. The fourth-order valence-electron chi connectivity index (χ4n) is 1.96. The summed E-state index contributed by atoms with van der Waals surface area (Å²) >= 11 is 0. The van der Waals surface area contributed by atoms with E-state index in [4.69, 9.17) is 10.5 Å². The number of hydrogen-bond donors (Lipinski definition) is 1. The Labute approximate surface area is 85.1 Å². The molecule has 1 aliphatic rings. The maximum Gasteiger partial charge on any atom is 0.122 e. The summed E-state index contributed by atoms with van der Waals surface area (Å²) in [6.07, 6.45) is 2.08. The van der Waals surface area contributed by atoms with E-state index < -0.39 is 0 Å². The number of rotatable bonds is 2. The molecule has 2 nitrogen and oxygen atoms in total. The molecule has 76 valence electrons. The molecule has 2 unspecified atom stereocenters. The van der Waals surface area contributed by atoms with Crippen molar-refractivity contribution in [2.24, 2.45) is 11.7 Å². The summed E-state index contributed by atoms with van der Waals surface area (Å²) in [7, 11) is 0. The van der Waals surface area contributed by atoms with Crippen LogP contribution in [0.3, 0.4) is 0 Å². The van der Waals surface area contributed by atoms with Crippen molar-refractivity contribution in [1.29, 1.82) is 0 Å². The molecule has 0 aromatic heterocycles. The fourth-order valence-corrected chi connectivity index (χ4v) is 1.96. The van der Waals surface area contributed by atoms with Crippen molar-refractivity contribution in [1.82, 2.24) is 0 Å². The van der Waals surface area contributed by atoms with Crippen molar-refractivity contribution in [3.63, 3.8) is 0 Å². The Morgan fingerprint density at radius 2 is 2.29 bits per heavy atom. The average molecular weight is 191 g/mol. The Balaban J connectivity index is 2.13. The molecule has 1 aromatic rings. The maximum atomic E-state index is 6.02. The zero-order valence-corrected chi connectivity index (χ0v) is 8.57. The van der Waals surface area contributed by atoms with Crippen LogP contribution in [0, 0.1) is 5.92 Å². The highest BCUT2D eigenvalue weighted by Crippen LogP contribution is 2.28. The number of nitrogens with two attached hydrogens (primary N) is 1. The van der Waals surface area contributed by atoms with Gasteiger partial charge in [0.1, 0.15) is 5.75 Å². The first-order valence-corrected chi connectivity index (χ1v) is 5.27. The van der Waals surface area contributed by atoms with Crippen LogP contribution in [-0.4, -0.2) is 12.6 Å². The van der Waals surface area contributed by atoms with Crippen molar-refractivity contribution in [3.8, 4) is 5.75 Å². The topological polar surface area (TPSA) is 35.2 Å². The predicted molar refractivity (Wildman–Crippen MR) is 57.4 cm³/mol. The van der Waals surface area contributed by atoms with Gasteiger partial charge in [0.15, 0.2) is 0 Å². The second kappa shape index (κ2) is 4.01. The van der Waals surface area contributed by atoms with Gasteiger partial charge in [-0.05, 0) is 24.5 Å². The molecule has 0 fully saturated rings. The van der Waals surface area contributed by atoms with E-state index in [-0.39, 0.29) is 6.04 Å². The lowest BCUT2D eigenvalue weighted by Crippen LogP contribution is -2.37. The molecule has 1 aliphatic heterocycles. The minimum absolute atomic E-state index is 0.267. The third kappa shape index (κ3) is 1.75. The molecule has 0 aliphatic carbocycles. The Morgan fingerprint density at radius 3 is 3.07 bits per heavy atom. The SMILES string of the molecule is CCC(N)C1COc2ccccc2C1. The second-order valence-corrected chi connectivity index (χ2v) is 3.96. The monoisotopic (exact) mass is 191 g/mol. The van der Waals surface area contributed by atoms with Crippen molar-refractivity contribution in [2.45, 2.75) is 25.8 Å². The highest BCUT2D eigenvalue weighted by molar-refractivity contribution is 5.35. The summed E-state index contributed by atoms with van der Waals surface area (Å²) in [5.41, 5.74) is 7.32. The van der Waals surface area contributed by atoms with Gasteiger partial charge in [0.25, 0.3) is 0 Å². The molecular formula is C12H17NO. The highest BCUT2D eigenvalue weighted by Gasteiger charge is 2.23. The Hall–Kier alpha value is -1.02. The number of ether oxygens (including phenoxy) is 1. The molecule has 0 radical (unpaired) electrons. The molecular weight excluding hydrogens is 174 g/mol. The molecule has 2 heteroatoms. The van der Waals surface area contributed by atoms with Gasteiger partial charge in [0.2, 0.25) is 0 Å². The van der Waals surface area contributed by atoms with Crippen LogP contribution in [0.2, 0.25) is 0 Å². The van der Waals surface area contributed by atoms with Crippen LogP contribution in [0.15, 0.2) is 24.3 Å². The molecule has 1 aromatic carbocycles. The molecule has 0 amide bonds. The Bertz CT molecular complexity index is 311. The van der Waals surface area contributed by atoms with Crippen LogP contribution in [-0.2, 0) is 6.42 Å². The number of para-hydroxylation sites is 1. The highest BCUT2D eigenvalue weighted by atomic mass is 16.5. The number of benzene rings is 1. The van der Waals surface area contributed by atoms with E-state index in [0.29, 0.717) is 5.92 Å². The van der Waals surface area contributed by atoms with Crippen molar-refractivity contribution < 1.29 is 4.74 Å². The molecule has 2 atom stereocenters. The lowest BCUT2D eigenvalue weighted by Gasteiger charge is -2.28. The lowest BCUT2D eigenvalue weighted by atomic mass is 9.90. The van der Waals surface area contributed by atoms with E-state index in [1.807, 2.05) is 12.1 Å². The van der Waals surface area contributed by atoms with Crippen LogP contribution in [0.25, 0.3) is 0 Å². The van der Waals surface area contributed by atoms with Gasteiger partial charge >= 0.3 is 0 Å².